The maximum Gasteiger partial charge on any atom is 0.280 e. The van der Waals surface area contributed by atoms with E-state index in [4.69, 9.17) is 0 Å². The van der Waals surface area contributed by atoms with Gasteiger partial charge in [0.1, 0.15) is 0 Å². The Kier molecular flexibility index (Phi) is 4.43. The molecular weight excluding hydrogens is 280 g/mol. The minimum absolute atomic E-state index is 0.104. The molecule has 1 unspecified atom stereocenters. The van der Waals surface area contributed by atoms with Gasteiger partial charge >= 0.3 is 0 Å². The molecule has 1 aromatic rings. The molecule has 9 nitrogen and oxygen atoms in total. The number of nitrogens with one attached hydrogen (secondary N) is 2. The van der Waals surface area contributed by atoms with E-state index in [-0.39, 0.29) is 23.8 Å². The second-order valence-corrected chi connectivity index (χ2v) is 4.69. The molecule has 1 aliphatic heterocycles. The number of nitrogens with zero attached hydrogens (tertiary/aromatic N) is 2. The summed E-state index contributed by atoms with van der Waals surface area (Å²) in [5.74, 6) is -0.134. The van der Waals surface area contributed by atoms with Crippen LogP contribution in [0.4, 0.5) is 11.4 Å². The SMILES string of the molecule is O=C1NCCCC1NCc1ccc([N+](=O)[O-])cc1[N+](=O)[O-]. The van der Waals surface area contributed by atoms with E-state index in [1.165, 1.54) is 12.1 Å². The van der Waals surface area contributed by atoms with Crippen molar-refractivity contribution in [3.05, 3.63) is 44.0 Å². The third kappa shape index (κ3) is 3.51. The van der Waals surface area contributed by atoms with Gasteiger partial charge in [-0.05, 0) is 18.9 Å². The molecule has 2 rings (SSSR count). The molecule has 0 saturated carbocycles. The lowest BCUT2D eigenvalue weighted by Gasteiger charge is -2.22. The number of carbonyl (C=O) groups is 1. The van der Waals surface area contributed by atoms with Crippen molar-refractivity contribution < 1.29 is 14.6 Å². The van der Waals surface area contributed by atoms with Crippen LogP contribution in [0.3, 0.4) is 0 Å². The molecule has 0 bridgehead atoms. The lowest BCUT2D eigenvalue weighted by Crippen LogP contribution is -2.47. The topological polar surface area (TPSA) is 127 Å². The van der Waals surface area contributed by atoms with Gasteiger partial charge in [-0.1, -0.05) is 0 Å². The molecule has 1 aliphatic rings. The zero-order valence-electron chi connectivity index (χ0n) is 11.1. The predicted molar refractivity (Wildman–Crippen MR) is 72.6 cm³/mol. The highest BCUT2D eigenvalue weighted by Crippen LogP contribution is 2.24. The first-order valence-corrected chi connectivity index (χ1v) is 6.42. The van der Waals surface area contributed by atoms with E-state index in [0.717, 1.165) is 12.5 Å². The Morgan fingerprint density at radius 3 is 2.67 bits per heavy atom. The molecule has 1 atom stereocenters. The summed E-state index contributed by atoms with van der Waals surface area (Å²) in [6.45, 7) is 0.737. The van der Waals surface area contributed by atoms with Crippen LogP contribution in [0.2, 0.25) is 0 Å². The minimum Gasteiger partial charge on any atom is -0.355 e. The second-order valence-electron chi connectivity index (χ2n) is 4.69. The van der Waals surface area contributed by atoms with Gasteiger partial charge in [0.2, 0.25) is 5.91 Å². The normalized spacial score (nSPS) is 18.1. The highest BCUT2D eigenvalue weighted by Gasteiger charge is 2.24. The van der Waals surface area contributed by atoms with Crippen molar-refractivity contribution in [1.29, 1.82) is 0 Å². The molecule has 1 heterocycles. The van der Waals surface area contributed by atoms with E-state index in [1.54, 1.807) is 0 Å². The van der Waals surface area contributed by atoms with Crippen molar-refractivity contribution in [1.82, 2.24) is 10.6 Å². The van der Waals surface area contributed by atoms with Crippen molar-refractivity contribution >= 4 is 17.3 Å². The number of amides is 1. The second kappa shape index (κ2) is 6.27. The van der Waals surface area contributed by atoms with Crippen LogP contribution < -0.4 is 10.6 Å². The summed E-state index contributed by atoms with van der Waals surface area (Å²) >= 11 is 0. The summed E-state index contributed by atoms with van der Waals surface area (Å²) in [4.78, 5) is 31.9. The summed E-state index contributed by atoms with van der Waals surface area (Å²) in [5.41, 5.74) is -0.349. The Morgan fingerprint density at radius 2 is 2.05 bits per heavy atom. The lowest BCUT2D eigenvalue weighted by atomic mass is 10.1. The maximum atomic E-state index is 11.6. The number of carbonyl (C=O) groups excluding carboxylic acids is 1. The average molecular weight is 294 g/mol. The number of rotatable bonds is 5. The van der Waals surface area contributed by atoms with Gasteiger partial charge in [0, 0.05) is 24.7 Å². The first kappa shape index (κ1) is 14.9. The summed E-state index contributed by atoms with van der Waals surface area (Å²) in [6.07, 6.45) is 1.50. The fraction of sp³-hybridized carbons (Fsp3) is 0.417. The van der Waals surface area contributed by atoms with Crippen LogP contribution in [-0.4, -0.2) is 28.3 Å². The zero-order chi connectivity index (χ0) is 15.4. The van der Waals surface area contributed by atoms with Crippen LogP contribution in [0.15, 0.2) is 18.2 Å². The third-order valence-corrected chi connectivity index (χ3v) is 3.30. The highest BCUT2D eigenvalue weighted by atomic mass is 16.6. The summed E-state index contributed by atoms with van der Waals surface area (Å²) in [6, 6.07) is 3.08. The van der Waals surface area contributed by atoms with Crippen LogP contribution in [0.25, 0.3) is 0 Å². The van der Waals surface area contributed by atoms with Crippen LogP contribution in [0.5, 0.6) is 0 Å². The van der Waals surface area contributed by atoms with Crippen LogP contribution >= 0.6 is 0 Å². The molecule has 0 spiro atoms. The molecule has 9 heteroatoms. The van der Waals surface area contributed by atoms with E-state index in [9.17, 15) is 25.0 Å². The molecule has 1 fully saturated rings. The number of piperidine rings is 1. The number of hydrogen-bond donors (Lipinski definition) is 2. The first-order valence-electron chi connectivity index (χ1n) is 6.42. The van der Waals surface area contributed by atoms with Gasteiger partial charge in [0.25, 0.3) is 11.4 Å². The quantitative estimate of drug-likeness (QED) is 0.612. The number of benzene rings is 1. The molecular formula is C12H14N4O5. The Balaban J connectivity index is 2.13. The van der Waals surface area contributed by atoms with Crippen molar-refractivity contribution in [2.75, 3.05) is 6.54 Å². The maximum absolute atomic E-state index is 11.6. The minimum atomic E-state index is -0.682. The van der Waals surface area contributed by atoms with Gasteiger partial charge in [-0.2, -0.15) is 0 Å². The fourth-order valence-corrected chi connectivity index (χ4v) is 2.19. The lowest BCUT2D eigenvalue weighted by molar-refractivity contribution is -0.394. The van der Waals surface area contributed by atoms with Gasteiger partial charge < -0.3 is 10.6 Å². The van der Waals surface area contributed by atoms with Gasteiger partial charge in [-0.25, -0.2) is 0 Å². The standard InChI is InChI=1S/C12H14N4O5/c17-12-10(2-1-5-13-12)14-7-8-3-4-9(15(18)19)6-11(8)16(20)21/h3-4,6,10,14H,1-2,5,7H2,(H,13,17). The summed E-state index contributed by atoms with van der Waals surface area (Å²) in [5, 5.41) is 27.3. The highest BCUT2D eigenvalue weighted by molar-refractivity contribution is 5.82. The zero-order valence-corrected chi connectivity index (χ0v) is 11.1. The van der Waals surface area contributed by atoms with E-state index in [0.29, 0.717) is 18.5 Å². The predicted octanol–water partition coefficient (Wildman–Crippen LogP) is 0.871. The molecule has 21 heavy (non-hydrogen) atoms. The van der Waals surface area contributed by atoms with Gasteiger partial charge in [0.05, 0.1) is 22.0 Å². The van der Waals surface area contributed by atoms with E-state index >= 15 is 0 Å². The van der Waals surface area contributed by atoms with E-state index in [2.05, 4.69) is 10.6 Å². The van der Waals surface area contributed by atoms with Gasteiger partial charge in [0.15, 0.2) is 0 Å². The van der Waals surface area contributed by atoms with E-state index in [1.807, 2.05) is 0 Å². The molecule has 0 aliphatic carbocycles. The molecule has 1 amide bonds. The fourth-order valence-electron chi connectivity index (χ4n) is 2.19. The largest absolute Gasteiger partial charge is 0.355 e. The Labute approximate surface area is 119 Å². The summed E-state index contributed by atoms with van der Waals surface area (Å²) in [7, 11) is 0. The molecule has 2 N–H and O–H groups in total. The smallest absolute Gasteiger partial charge is 0.280 e. The van der Waals surface area contributed by atoms with E-state index < -0.39 is 15.9 Å². The molecule has 0 radical (unpaired) electrons. The molecule has 1 saturated heterocycles. The average Bonchev–Trinajstić information content (AvgIpc) is 2.46. The Morgan fingerprint density at radius 1 is 1.29 bits per heavy atom. The summed E-state index contributed by atoms with van der Waals surface area (Å²) < 4.78 is 0. The Bertz CT molecular complexity index is 589. The van der Waals surface area contributed by atoms with Crippen molar-refractivity contribution in [2.45, 2.75) is 25.4 Å². The number of nitro benzene ring substituents is 2. The Hall–Kier alpha value is -2.55. The first-order chi connectivity index (χ1) is 9.99. The molecule has 112 valence electrons. The van der Waals surface area contributed by atoms with Gasteiger partial charge in [-0.3, -0.25) is 25.0 Å². The van der Waals surface area contributed by atoms with Crippen LogP contribution in [-0.2, 0) is 11.3 Å². The van der Waals surface area contributed by atoms with Crippen molar-refractivity contribution in [3.63, 3.8) is 0 Å². The van der Waals surface area contributed by atoms with Crippen LogP contribution in [0.1, 0.15) is 18.4 Å². The van der Waals surface area contributed by atoms with Crippen molar-refractivity contribution in [3.8, 4) is 0 Å². The number of nitro groups is 2. The molecule has 0 aromatic heterocycles. The van der Waals surface area contributed by atoms with Crippen LogP contribution in [0, 0.1) is 20.2 Å². The molecule has 1 aromatic carbocycles. The van der Waals surface area contributed by atoms with Gasteiger partial charge in [-0.15, -0.1) is 0 Å². The van der Waals surface area contributed by atoms with Crippen molar-refractivity contribution in [2.24, 2.45) is 0 Å². The number of non-ortho nitro benzene ring substituents is 1. The number of hydrogen-bond acceptors (Lipinski definition) is 6. The monoisotopic (exact) mass is 294 g/mol. The third-order valence-electron chi connectivity index (χ3n) is 3.30.